The van der Waals surface area contributed by atoms with Crippen LogP contribution in [0.25, 0.3) is 98.4 Å². The smallest absolute Gasteiger partial charge is 0.208 e. The molecule has 254 valence electrons. The molecule has 10 rings (SSSR count). The van der Waals surface area contributed by atoms with E-state index in [1.165, 1.54) is 0 Å². The molecule has 0 fully saturated rings. The van der Waals surface area contributed by atoms with Gasteiger partial charge in [-0.05, 0) is 58.3 Å². The van der Waals surface area contributed by atoms with Gasteiger partial charge in [-0.2, -0.15) is 0 Å². The molecule has 52 heavy (non-hydrogen) atoms. The van der Waals surface area contributed by atoms with Crippen LogP contribution in [-0.2, 0) is 0 Å². The Balaban J connectivity index is 1.55. The Morgan fingerprint density at radius 1 is 0.308 bits per heavy atom. The zero-order chi connectivity index (χ0) is 36.1. The van der Waals surface area contributed by atoms with Crippen LogP contribution < -0.4 is 0 Å². The van der Waals surface area contributed by atoms with Gasteiger partial charge in [-0.15, -0.1) is 0 Å². The molecule has 10 aromatic rings. The molecule has 8 aromatic carbocycles. The van der Waals surface area contributed by atoms with Crippen molar-refractivity contribution in [3.8, 4) is 79.7 Å². The number of phenolic OH excluding ortho intramolecular Hbond substituents is 10. The summed E-state index contributed by atoms with van der Waals surface area (Å²) in [6.45, 7) is 0. The third kappa shape index (κ3) is 3.39. The SMILES string of the molecule is Oc1c(O)c(O)c(-c2cc3c4oc5ccccc5c4cc4c(-c5c(O)c(O)c(O)c(O)c5O)cc5c6oc7ccccc7c6cc2c5c43)c(O)c1O. The molecule has 0 unspecified atom stereocenters. The van der Waals surface area contributed by atoms with E-state index < -0.39 is 68.6 Å². The molecule has 0 amide bonds. The Kier molecular flexibility index (Phi) is 5.38. The maximum absolute atomic E-state index is 11.2. The zero-order valence-corrected chi connectivity index (χ0v) is 26.2. The fraction of sp³-hybridized carbons (Fsp3) is 0. The highest BCUT2D eigenvalue weighted by molar-refractivity contribution is 6.38. The second-order valence-electron chi connectivity index (χ2n) is 12.7. The Morgan fingerprint density at radius 2 is 0.635 bits per heavy atom. The van der Waals surface area contributed by atoms with Crippen LogP contribution in [-0.4, -0.2) is 51.1 Å². The lowest BCUT2D eigenvalue weighted by molar-refractivity contribution is 0.330. The molecular weight excluding hydrogens is 672 g/mol. The summed E-state index contributed by atoms with van der Waals surface area (Å²) in [5.74, 6) is -10.2. The van der Waals surface area contributed by atoms with Crippen LogP contribution in [0.15, 0.2) is 81.6 Å². The van der Waals surface area contributed by atoms with Crippen LogP contribution in [0.1, 0.15) is 0 Å². The molecule has 0 saturated heterocycles. The summed E-state index contributed by atoms with van der Waals surface area (Å²) in [6.07, 6.45) is 0. The van der Waals surface area contributed by atoms with Crippen LogP contribution in [0.5, 0.6) is 57.5 Å². The average molecular weight is 695 g/mol. The number of aromatic hydroxyl groups is 10. The molecule has 0 aliphatic heterocycles. The van der Waals surface area contributed by atoms with Gasteiger partial charge < -0.3 is 59.9 Å². The minimum Gasteiger partial charge on any atom is -0.504 e. The van der Waals surface area contributed by atoms with E-state index in [4.69, 9.17) is 8.83 Å². The summed E-state index contributed by atoms with van der Waals surface area (Å²) in [5.41, 5.74) is 1.09. The summed E-state index contributed by atoms with van der Waals surface area (Å²) in [7, 11) is 0. The minimum atomic E-state index is -1.12. The first-order valence-electron chi connectivity index (χ1n) is 15.8. The van der Waals surface area contributed by atoms with Crippen molar-refractivity contribution in [2.24, 2.45) is 0 Å². The Hall–Kier alpha value is -7.60. The van der Waals surface area contributed by atoms with E-state index in [9.17, 15) is 51.1 Å². The number of benzene rings is 8. The topological polar surface area (TPSA) is 229 Å². The van der Waals surface area contributed by atoms with Gasteiger partial charge in [0.05, 0.1) is 11.1 Å². The van der Waals surface area contributed by atoms with Crippen LogP contribution in [0.2, 0.25) is 0 Å². The van der Waals surface area contributed by atoms with Crippen molar-refractivity contribution in [1.29, 1.82) is 0 Å². The van der Waals surface area contributed by atoms with Gasteiger partial charge in [-0.1, -0.05) is 36.4 Å². The number of rotatable bonds is 2. The molecule has 0 aliphatic carbocycles. The van der Waals surface area contributed by atoms with E-state index in [-0.39, 0.29) is 11.1 Å². The lowest BCUT2D eigenvalue weighted by Gasteiger charge is -2.21. The third-order valence-corrected chi connectivity index (χ3v) is 10.1. The first-order chi connectivity index (χ1) is 25.0. The third-order valence-electron chi connectivity index (χ3n) is 10.1. The molecule has 0 aliphatic rings. The van der Waals surface area contributed by atoms with Gasteiger partial charge in [0.25, 0.3) is 0 Å². The van der Waals surface area contributed by atoms with E-state index in [1.807, 2.05) is 12.1 Å². The number of para-hydroxylation sites is 2. The van der Waals surface area contributed by atoms with Crippen molar-refractivity contribution in [2.75, 3.05) is 0 Å². The maximum atomic E-state index is 11.2. The molecule has 2 heterocycles. The number of hydrogen-bond donors (Lipinski definition) is 10. The molecule has 2 aromatic heterocycles. The van der Waals surface area contributed by atoms with Crippen LogP contribution in [0.4, 0.5) is 0 Å². The Labute approximate surface area is 288 Å². The minimum absolute atomic E-state index is 0.109. The molecule has 0 saturated carbocycles. The fourth-order valence-electron chi connectivity index (χ4n) is 7.75. The van der Waals surface area contributed by atoms with Crippen molar-refractivity contribution in [2.45, 2.75) is 0 Å². The molecule has 12 heteroatoms. The van der Waals surface area contributed by atoms with Gasteiger partial charge in [0.1, 0.15) is 22.3 Å². The van der Waals surface area contributed by atoms with Crippen molar-refractivity contribution >= 4 is 76.2 Å². The highest BCUT2D eigenvalue weighted by atomic mass is 16.4. The first-order valence-corrected chi connectivity index (χ1v) is 15.8. The van der Waals surface area contributed by atoms with E-state index in [0.29, 0.717) is 76.2 Å². The number of phenols is 10. The standard InChI is InChI=1S/C40H22O12/c41-29-27(30(42)34(46)37(49)33(29)45)17-12-22-26-16(10-20-14-6-2-4-8-24(14)52-40(20)22)18(28-31(43)35(47)38(50)36(48)32(28)44)11-21-25(26)15(17)9-19-13-5-1-3-7-23(13)51-39(19)21/h1-12,41-50H. The van der Waals surface area contributed by atoms with Crippen molar-refractivity contribution in [3.05, 3.63) is 72.8 Å². The van der Waals surface area contributed by atoms with Crippen molar-refractivity contribution in [1.82, 2.24) is 0 Å². The van der Waals surface area contributed by atoms with Gasteiger partial charge >= 0.3 is 0 Å². The quantitative estimate of drug-likeness (QED) is 0.0465. The normalized spacial score (nSPS) is 12.2. The van der Waals surface area contributed by atoms with E-state index in [0.717, 1.165) is 0 Å². The summed E-state index contributed by atoms with van der Waals surface area (Å²) in [6, 6.07) is 21.0. The Bertz CT molecular complexity index is 2970. The van der Waals surface area contributed by atoms with E-state index >= 15 is 0 Å². The summed E-state index contributed by atoms with van der Waals surface area (Å²) in [4.78, 5) is 0. The predicted molar refractivity (Wildman–Crippen MR) is 192 cm³/mol. The fourth-order valence-corrected chi connectivity index (χ4v) is 7.75. The van der Waals surface area contributed by atoms with Crippen LogP contribution in [0, 0.1) is 0 Å². The number of furan rings is 2. The molecular formula is C40H22O12. The highest BCUT2D eigenvalue weighted by Crippen LogP contribution is 2.60. The summed E-state index contributed by atoms with van der Waals surface area (Å²) < 4.78 is 12.8. The first kappa shape index (κ1) is 29.3. The second kappa shape index (κ2) is 9.55. The monoisotopic (exact) mass is 694 g/mol. The Morgan fingerprint density at radius 3 is 1.00 bits per heavy atom. The van der Waals surface area contributed by atoms with E-state index in [2.05, 4.69) is 0 Å². The van der Waals surface area contributed by atoms with Crippen LogP contribution >= 0.6 is 0 Å². The lowest BCUT2D eigenvalue weighted by Crippen LogP contribution is -1.94. The van der Waals surface area contributed by atoms with Gasteiger partial charge in [0.15, 0.2) is 23.0 Å². The summed E-state index contributed by atoms with van der Waals surface area (Å²) in [5, 5.41) is 113. The highest BCUT2D eigenvalue weighted by Gasteiger charge is 2.32. The van der Waals surface area contributed by atoms with Crippen LogP contribution in [0.3, 0.4) is 0 Å². The second-order valence-corrected chi connectivity index (χ2v) is 12.7. The van der Waals surface area contributed by atoms with Gasteiger partial charge in [0.2, 0.25) is 34.5 Å². The van der Waals surface area contributed by atoms with Gasteiger partial charge in [-0.3, -0.25) is 0 Å². The molecule has 10 N–H and O–H groups in total. The van der Waals surface area contributed by atoms with Gasteiger partial charge in [-0.25, -0.2) is 0 Å². The number of fused-ring (bicyclic) bond motifs is 8. The number of hydrogen-bond acceptors (Lipinski definition) is 12. The maximum Gasteiger partial charge on any atom is 0.208 e. The van der Waals surface area contributed by atoms with Crippen molar-refractivity contribution in [3.63, 3.8) is 0 Å². The zero-order valence-electron chi connectivity index (χ0n) is 26.2. The molecule has 12 nitrogen and oxygen atoms in total. The van der Waals surface area contributed by atoms with Gasteiger partial charge in [0, 0.05) is 43.1 Å². The molecule has 0 atom stereocenters. The molecule has 0 spiro atoms. The van der Waals surface area contributed by atoms with Crippen molar-refractivity contribution < 1.29 is 59.9 Å². The average Bonchev–Trinajstić information content (AvgIpc) is 3.72. The molecule has 0 radical (unpaired) electrons. The largest absolute Gasteiger partial charge is 0.504 e. The summed E-state index contributed by atoms with van der Waals surface area (Å²) >= 11 is 0. The molecule has 0 bridgehead atoms. The van der Waals surface area contributed by atoms with E-state index in [1.54, 1.807) is 60.7 Å². The lowest BCUT2D eigenvalue weighted by atomic mass is 9.83. The predicted octanol–water partition coefficient (Wildman–Crippen LogP) is 8.77.